The Hall–Kier alpha value is -2.90. The van der Waals surface area contributed by atoms with E-state index in [9.17, 15) is 19.2 Å². The van der Waals surface area contributed by atoms with Gasteiger partial charge in [0.2, 0.25) is 0 Å². The molecule has 23 heavy (non-hydrogen) atoms. The van der Waals surface area contributed by atoms with E-state index in [0.717, 1.165) is 0 Å². The van der Waals surface area contributed by atoms with E-state index in [1.54, 1.807) is 24.3 Å². The minimum absolute atomic E-state index is 0.0235. The topological polar surface area (TPSA) is 128 Å². The van der Waals surface area contributed by atoms with Crippen molar-refractivity contribution in [1.29, 1.82) is 0 Å². The van der Waals surface area contributed by atoms with Gasteiger partial charge in [-0.05, 0) is 26.0 Å². The molecule has 1 aromatic carbocycles. The zero-order valence-electron chi connectivity index (χ0n) is 12.9. The lowest BCUT2D eigenvalue weighted by atomic mass is 10.1. The summed E-state index contributed by atoms with van der Waals surface area (Å²) >= 11 is 0. The number of esters is 1. The van der Waals surface area contributed by atoms with Crippen LogP contribution in [0.5, 0.6) is 0 Å². The van der Waals surface area contributed by atoms with Gasteiger partial charge in [-0.3, -0.25) is 14.4 Å². The SMILES string of the molecule is CC(=O)c1ccccc1NC(=O)[C@H](C)OC(=O)CCNC(N)=O. The molecule has 0 aliphatic carbocycles. The number of benzene rings is 1. The van der Waals surface area contributed by atoms with E-state index in [1.807, 2.05) is 0 Å². The van der Waals surface area contributed by atoms with Crippen LogP contribution >= 0.6 is 0 Å². The number of rotatable bonds is 7. The first-order chi connectivity index (χ1) is 10.8. The number of amides is 3. The average Bonchev–Trinajstić information content (AvgIpc) is 2.46. The Morgan fingerprint density at radius 1 is 1.22 bits per heavy atom. The molecule has 0 radical (unpaired) electrons. The van der Waals surface area contributed by atoms with Gasteiger partial charge in [-0.2, -0.15) is 0 Å². The molecule has 0 bridgehead atoms. The maximum atomic E-state index is 12.0. The van der Waals surface area contributed by atoms with Crippen molar-refractivity contribution in [2.45, 2.75) is 26.4 Å². The molecule has 0 fully saturated rings. The van der Waals surface area contributed by atoms with Crippen LogP contribution < -0.4 is 16.4 Å². The highest BCUT2D eigenvalue weighted by molar-refractivity contribution is 6.04. The Labute approximate surface area is 133 Å². The van der Waals surface area contributed by atoms with Crippen molar-refractivity contribution < 1.29 is 23.9 Å². The number of primary amides is 1. The molecule has 0 heterocycles. The minimum Gasteiger partial charge on any atom is -0.452 e. The number of carbonyl (C=O) groups excluding carboxylic acids is 4. The fraction of sp³-hybridized carbons (Fsp3) is 0.333. The van der Waals surface area contributed by atoms with Crippen molar-refractivity contribution in [3.63, 3.8) is 0 Å². The Kier molecular flexibility index (Phi) is 6.72. The molecule has 0 saturated carbocycles. The quantitative estimate of drug-likeness (QED) is 0.506. The van der Waals surface area contributed by atoms with Crippen molar-refractivity contribution in [3.05, 3.63) is 29.8 Å². The summed E-state index contributed by atoms with van der Waals surface area (Å²) in [6, 6.07) is 5.78. The lowest BCUT2D eigenvalue weighted by Crippen LogP contribution is -2.34. The molecule has 0 aliphatic rings. The molecule has 8 nitrogen and oxygen atoms in total. The first kappa shape index (κ1) is 18.1. The molecule has 0 aromatic heterocycles. The summed E-state index contributed by atoms with van der Waals surface area (Å²) in [5.74, 6) is -1.40. The van der Waals surface area contributed by atoms with Crippen molar-refractivity contribution in [2.24, 2.45) is 5.73 Å². The molecule has 0 spiro atoms. The van der Waals surface area contributed by atoms with Gasteiger partial charge in [0, 0.05) is 12.1 Å². The fourth-order valence-electron chi connectivity index (χ4n) is 1.73. The van der Waals surface area contributed by atoms with Crippen LogP contribution in [-0.4, -0.2) is 36.3 Å². The summed E-state index contributed by atoms with van der Waals surface area (Å²) in [6.07, 6.45) is -1.15. The van der Waals surface area contributed by atoms with Crippen LogP contribution in [0.15, 0.2) is 24.3 Å². The second-order valence-electron chi connectivity index (χ2n) is 4.76. The number of ketones is 1. The Morgan fingerprint density at radius 3 is 2.48 bits per heavy atom. The Bertz CT molecular complexity index is 615. The summed E-state index contributed by atoms with van der Waals surface area (Å²) in [4.78, 5) is 45.5. The highest BCUT2D eigenvalue weighted by Gasteiger charge is 2.19. The highest BCUT2D eigenvalue weighted by atomic mass is 16.5. The number of hydrogen-bond donors (Lipinski definition) is 3. The van der Waals surface area contributed by atoms with Gasteiger partial charge < -0.3 is 21.1 Å². The standard InChI is InChI=1S/C15H19N3O5/c1-9(19)11-5-3-4-6-12(11)18-14(21)10(2)23-13(20)7-8-17-15(16)22/h3-6,10H,7-8H2,1-2H3,(H,18,21)(H3,16,17,22)/t10-/m0/s1. The van der Waals surface area contributed by atoms with Gasteiger partial charge in [0.15, 0.2) is 11.9 Å². The van der Waals surface area contributed by atoms with Crippen LogP contribution in [0.2, 0.25) is 0 Å². The molecule has 0 unspecified atom stereocenters. The van der Waals surface area contributed by atoms with Gasteiger partial charge in [-0.15, -0.1) is 0 Å². The third kappa shape index (κ3) is 6.16. The molecule has 1 aromatic rings. The van der Waals surface area contributed by atoms with Crippen LogP contribution in [0, 0.1) is 0 Å². The van der Waals surface area contributed by atoms with E-state index in [0.29, 0.717) is 11.3 Å². The maximum absolute atomic E-state index is 12.0. The number of hydrogen-bond acceptors (Lipinski definition) is 5. The van der Waals surface area contributed by atoms with E-state index >= 15 is 0 Å². The van der Waals surface area contributed by atoms with Crippen LogP contribution in [0.4, 0.5) is 10.5 Å². The maximum Gasteiger partial charge on any atom is 0.312 e. The third-order valence-electron chi connectivity index (χ3n) is 2.87. The molecule has 1 rings (SSSR count). The van der Waals surface area contributed by atoms with E-state index < -0.39 is 24.0 Å². The van der Waals surface area contributed by atoms with Crippen LogP contribution in [0.3, 0.4) is 0 Å². The van der Waals surface area contributed by atoms with E-state index in [4.69, 9.17) is 10.5 Å². The largest absolute Gasteiger partial charge is 0.452 e. The van der Waals surface area contributed by atoms with Crippen molar-refractivity contribution in [2.75, 3.05) is 11.9 Å². The summed E-state index contributed by atoms with van der Waals surface area (Å²) in [7, 11) is 0. The van der Waals surface area contributed by atoms with E-state index in [1.165, 1.54) is 13.8 Å². The molecule has 4 N–H and O–H groups in total. The second-order valence-corrected chi connectivity index (χ2v) is 4.76. The number of Topliss-reactive ketones (excluding diaryl/α,β-unsaturated/α-hetero) is 1. The number of urea groups is 1. The number of carbonyl (C=O) groups is 4. The predicted octanol–water partition coefficient (Wildman–Crippen LogP) is 0.818. The molecular weight excluding hydrogens is 302 g/mol. The van der Waals surface area contributed by atoms with E-state index in [2.05, 4.69) is 10.6 Å². The van der Waals surface area contributed by atoms with Crippen LogP contribution in [0.1, 0.15) is 30.6 Å². The first-order valence-corrected chi connectivity index (χ1v) is 6.95. The minimum atomic E-state index is -1.05. The summed E-state index contributed by atoms with van der Waals surface area (Å²) in [5, 5.41) is 4.78. The van der Waals surface area contributed by atoms with Gasteiger partial charge in [-0.1, -0.05) is 12.1 Å². The number of para-hydroxylation sites is 1. The number of nitrogens with one attached hydrogen (secondary N) is 2. The normalized spacial score (nSPS) is 11.2. The number of ether oxygens (including phenoxy) is 1. The van der Waals surface area contributed by atoms with Gasteiger partial charge >= 0.3 is 12.0 Å². The monoisotopic (exact) mass is 321 g/mol. The van der Waals surface area contributed by atoms with Crippen LogP contribution in [-0.2, 0) is 14.3 Å². The Morgan fingerprint density at radius 2 is 1.87 bits per heavy atom. The van der Waals surface area contributed by atoms with Gasteiger partial charge in [-0.25, -0.2) is 4.79 Å². The zero-order valence-corrected chi connectivity index (χ0v) is 12.9. The van der Waals surface area contributed by atoms with Gasteiger partial charge in [0.25, 0.3) is 5.91 Å². The lowest BCUT2D eigenvalue weighted by molar-refractivity contribution is -0.153. The first-order valence-electron chi connectivity index (χ1n) is 6.95. The second kappa shape index (κ2) is 8.52. The highest BCUT2D eigenvalue weighted by Crippen LogP contribution is 2.16. The lowest BCUT2D eigenvalue weighted by Gasteiger charge is -2.15. The molecule has 0 aliphatic heterocycles. The molecule has 0 saturated heterocycles. The molecular formula is C15H19N3O5. The fourth-order valence-corrected chi connectivity index (χ4v) is 1.73. The molecule has 124 valence electrons. The number of nitrogens with two attached hydrogens (primary N) is 1. The summed E-state index contributed by atoms with van der Waals surface area (Å²) in [5.41, 5.74) is 5.57. The van der Waals surface area contributed by atoms with E-state index in [-0.39, 0.29) is 18.7 Å². The smallest absolute Gasteiger partial charge is 0.312 e. The Balaban J connectivity index is 2.56. The van der Waals surface area contributed by atoms with Crippen molar-refractivity contribution >= 4 is 29.4 Å². The molecule has 8 heteroatoms. The van der Waals surface area contributed by atoms with Crippen molar-refractivity contribution in [1.82, 2.24) is 5.32 Å². The predicted molar refractivity (Wildman–Crippen MR) is 82.8 cm³/mol. The molecule has 3 amide bonds. The third-order valence-corrected chi connectivity index (χ3v) is 2.87. The van der Waals surface area contributed by atoms with Crippen LogP contribution in [0.25, 0.3) is 0 Å². The summed E-state index contributed by atoms with van der Waals surface area (Å²) in [6.45, 7) is 2.82. The van der Waals surface area contributed by atoms with Gasteiger partial charge in [0.1, 0.15) is 0 Å². The van der Waals surface area contributed by atoms with Gasteiger partial charge in [0.05, 0.1) is 12.1 Å². The zero-order chi connectivity index (χ0) is 17.4. The number of anilines is 1. The summed E-state index contributed by atoms with van der Waals surface area (Å²) < 4.78 is 4.94. The molecule has 1 atom stereocenters. The average molecular weight is 321 g/mol. The van der Waals surface area contributed by atoms with Crippen molar-refractivity contribution in [3.8, 4) is 0 Å².